The van der Waals surface area contributed by atoms with Crippen molar-refractivity contribution >= 4 is 5.91 Å². The van der Waals surface area contributed by atoms with Crippen LogP contribution in [0.1, 0.15) is 32.6 Å². The highest BCUT2D eigenvalue weighted by Crippen LogP contribution is 2.35. The molecular weight excluding hydrogens is 176 g/mol. The van der Waals surface area contributed by atoms with Crippen LogP contribution in [0.2, 0.25) is 0 Å². The maximum absolute atomic E-state index is 11.8. The molecule has 1 aliphatic heterocycles. The fraction of sp³-hybridized carbons (Fsp3) is 0.909. The van der Waals surface area contributed by atoms with Crippen LogP contribution in [0.3, 0.4) is 0 Å². The molecule has 0 radical (unpaired) electrons. The summed E-state index contributed by atoms with van der Waals surface area (Å²) in [5.74, 6) is 1.21. The molecule has 0 aromatic rings. The number of nitrogens with zero attached hydrogens (tertiary/aromatic N) is 1. The lowest BCUT2D eigenvalue weighted by atomic mass is 10.1. The van der Waals surface area contributed by atoms with E-state index < -0.39 is 0 Å². The number of hydrogen-bond acceptors (Lipinski definition) is 2. The van der Waals surface area contributed by atoms with Gasteiger partial charge in [-0.25, -0.2) is 0 Å². The lowest BCUT2D eigenvalue weighted by molar-refractivity contribution is -0.131. The van der Waals surface area contributed by atoms with Gasteiger partial charge in [-0.15, -0.1) is 0 Å². The molecule has 2 atom stereocenters. The second-order valence-corrected chi connectivity index (χ2v) is 4.69. The molecule has 0 spiro atoms. The van der Waals surface area contributed by atoms with Crippen molar-refractivity contribution in [2.75, 3.05) is 13.6 Å². The first-order valence-corrected chi connectivity index (χ1v) is 5.70. The highest BCUT2D eigenvalue weighted by molar-refractivity contribution is 5.84. The molecule has 1 heterocycles. The Morgan fingerprint density at radius 2 is 2.21 bits per heavy atom. The van der Waals surface area contributed by atoms with Crippen molar-refractivity contribution in [1.82, 2.24) is 10.2 Å². The van der Waals surface area contributed by atoms with Crippen LogP contribution in [0.15, 0.2) is 0 Å². The van der Waals surface area contributed by atoms with Crippen LogP contribution < -0.4 is 5.32 Å². The molecule has 2 rings (SSSR count). The van der Waals surface area contributed by atoms with Gasteiger partial charge in [0.2, 0.25) is 5.91 Å². The van der Waals surface area contributed by atoms with Crippen molar-refractivity contribution < 1.29 is 4.79 Å². The van der Waals surface area contributed by atoms with E-state index in [1.54, 1.807) is 0 Å². The molecule has 1 N–H and O–H groups in total. The maximum atomic E-state index is 11.8. The molecule has 14 heavy (non-hydrogen) atoms. The topological polar surface area (TPSA) is 32.3 Å². The number of hydrogen-bond donors (Lipinski definition) is 1. The van der Waals surface area contributed by atoms with Crippen molar-refractivity contribution in [3.05, 3.63) is 0 Å². The van der Waals surface area contributed by atoms with Crippen LogP contribution in [-0.4, -0.2) is 36.5 Å². The van der Waals surface area contributed by atoms with E-state index in [1.165, 1.54) is 19.3 Å². The zero-order valence-corrected chi connectivity index (χ0v) is 9.12. The minimum absolute atomic E-state index is 0.0802. The van der Waals surface area contributed by atoms with Crippen LogP contribution in [0, 0.1) is 5.92 Å². The predicted octanol–water partition coefficient (Wildman–Crippen LogP) is 0.995. The van der Waals surface area contributed by atoms with Crippen molar-refractivity contribution in [3.63, 3.8) is 0 Å². The van der Waals surface area contributed by atoms with Crippen molar-refractivity contribution in [1.29, 1.82) is 0 Å². The van der Waals surface area contributed by atoms with Gasteiger partial charge in [0.1, 0.15) is 0 Å². The Hall–Kier alpha value is -0.570. The molecule has 3 heteroatoms. The molecule has 2 fully saturated rings. The number of amides is 1. The lowest BCUT2D eigenvalue weighted by Crippen LogP contribution is -2.40. The molecule has 2 unspecified atom stereocenters. The van der Waals surface area contributed by atoms with Gasteiger partial charge < -0.3 is 10.2 Å². The number of nitrogens with one attached hydrogen (secondary N) is 1. The van der Waals surface area contributed by atoms with Crippen LogP contribution in [0.25, 0.3) is 0 Å². The standard InChI is InChI=1S/C11H20N2O/c1-8(7-9-3-4-9)13-6-5-10(12-2)11(13)14/h8-10,12H,3-7H2,1-2H3. The lowest BCUT2D eigenvalue weighted by Gasteiger charge is -2.24. The second-order valence-electron chi connectivity index (χ2n) is 4.69. The van der Waals surface area contributed by atoms with E-state index in [2.05, 4.69) is 17.1 Å². The van der Waals surface area contributed by atoms with E-state index in [4.69, 9.17) is 0 Å². The van der Waals surface area contributed by atoms with Gasteiger partial charge in [0.15, 0.2) is 0 Å². The van der Waals surface area contributed by atoms with E-state index in [0.717, 1.165) is 18.9 Å². The summed E-state index contributed by atoms with van der Waals surface area (Å²) in [6.45, 7) is 3.13. The molecule has 2 aliphatic rings. The minimum Gasteiger partial charge on any atom is -0.339 e. The summed E-state index contributed by atoms with van der Waals surface area (Å²) in [5.41, 5.74) is 0. The molecule has 1 saturated heterocycles. The van der Waals surface area contributed by atoms with E-state index >= 15 is 0 Å². The van der Waals surface area contributed by atoms with E-state index in [0.29, 0.717) is 11.9 Å². The number of carbonyl (C=O) groups excluding carboxylic acids is 1. The third kappa shape index (κ3) is 1.92. The fourth-order valence-electron chi connectivity index (χ4n) is 2.37. The Bertz CT molecular complexity index is 225. The van der Waals surface area contributed by atoms with Gasteiger partial charge in [-0.2, -0.15) is 0 Å². The number of likely N-dealkylation sites (tertiary alicyclic amines) is 1. The van der Waals surface area contributed by atoms with Crippen molar-refractivity contribution in [2.45, 2.75) is 44.7 Å². The van der Waals surface area contributed by atoms with Crippen molar-refractivity contribution in [2.24, 2.45) is 5.92 Å². The summed E-state index contributed by atoms with van der Waals surface area (Å²) >= 11 is 0. The zero-order valence-electron chi connectivity index (χ0n) is 9.12. The molecule has 1 saturated carbocycles. The monoisotopic (exact) mass is 196 g/mol. The second kappa shape index (κ2) is 3.89. The third-order valence-corrected chi connectivity index (χ3v) is 3.49. The van der Waals surface area contributed by atoms with Gasteiger partial charge in [0.05, 0.1) is 6.04 Å². The van der Waals surface area contributed by atoms with Crippen LogP contribution in [-0.2, 0) is 4.79 Å². The Balaban J connectivity index is 1.87. The molecule has 1 amide bonds. The summed E-state index contributed by atoms with van der Waals surface area (Å²) in [6.07, 6.45) is 4.94. The minimum atomic E-state index is 0.0802. The van der Waals surface area contributed by atoms with E-state index in [1.807, 2.05) is 7.05 Å². The van der Waals surface area contributed by atoms with Gasteiger partial charge in [-0.05, 0) is 32.7 Å². The number of likely N-dealkylation sites (N-methyl/N-ethyl adjacent to an activating group) is 1. The zero-order chi connectivity index (χ0) is 10.1. The Morgan fingerprint density at radius 3 is 2.71 bits per heavy atom. The molecule has 0 aromatic heterocycles. The summed E-state index contributed by atoms with van der Waals surface area (Å²) in [7, 11) is 1.87. The average Bonchev–Trinajstić information content (AvgIpc) is 2.88. The van der Waals surface area contributed by atoms with Crippen molar-refractivity contribution in [3.8, 4) is 0 Å². The molecule has 80 valence electrons. The molecule has 0 bridgehead atoms. The number of rotatable bonds is 4. The van der Waals surface area contributed by atoms with Gasteiger partial charge in [-0.1, -0.05) is 12.8 Å². The van der Waals surface area contributed by atoms with Crippen LogP contribution >= 0.6 is 0 Å². The van der Waals surface area contributed by atoms with Gasteiger partial charge in [-0.3, -0.25) is 4.79 Å². The molecular formula is C11H20N2O. The predicted molar refractivity (Wildman–Crippen MR) is 56.0 cm³/mol. The molecule has 0 aromatic carbocycles. The molecule has 3 nitrogen and oxygen atoms in total. The number of carbonyl (C=O) groups is 1. The largest absolute Gasteiger partial charge is 0.339 e. The average molecular weight is 196 g/mol. The first-order chi connectivity index (χ1) is 6.72. The summed E-state index contributed by atoms with van der Waals surface area (Å²) in [4.78, 5) is 13.9. The maximum Gasteiger partial charge on any atom is 0.240 e. The smallest absolute Gasteiger partial charge is 0.240 e. The van der Waals surface area contributed by atoms with Gasteiger partial charge >= 0.3 is 0 Å². The summed E-state index contributed by atoms with van der Waals surface area (Å²) in [5, 5.41) is 3.08. The SMILES string of the molecule is CNC1CCN(C(C)CC2CC2)C1=O. The van der Waals surface area contributed by atoms with Crippen LogP contribution in [0.4, 0.5) is 0 Å². The normalized spacial score (nSPS) is 29.7. The molecule has 1 aliphatic carbocycles. The Kier molecular flexibility index (Phi) is 2.77. The summed E-state index contributed by atoms with van der Waals surface area (Å²) < 4.78 is 0. The summed E-state index contributed by atoms with van der Waals surface area (Å²) in [6, 6.07) is 0.532. The first-order valence-electron chi connectivity index (χ1n) is 5.70. The first kappa shape index (κ1) is 9.97. The van der Waals surface area contributed by atoms with E-state index in [-0.39, 0.29) is 6.04 Å². The van der Waals surface area contributed by atoms with Gasteiger partial charge in [0.25, 0.3) is 0 Å². The quantitative estimate of drug-likeness (QED) is 0.727. The van der Waals surface area contributed by atoms with Crippen LogP contribution in [0.5, 0.6) is 0 Å². The highest BCUT2D eigenvalue weighted by Gasteiger charge is 2.35. The highest BCUT2D eigenvalue weighted by atomic mass is 16.2. The Morgan fingerprint density at radius 1 is 1.50 bits per heavy atom. The fourth-order valence-corrected chi connectivity index (χ4v) is 2.37. The van der Waals surface area contributed by atoms with E-state index in [9.17, 15) is 4.79 Å². The Labute approximate surface area is 85.8 Å². The van der Waals surface area contributed by atoms with Gasteiger partial charge in [0, 0.05) is 12.6 Å². The third-order valence-electron chi connectivity index (χ3n) is 3.49.